The zero-order valence-corrected chi connectivity index (χ0v) is 8.76. The van der Waals surface area contributed by atoms with E-state index in [1.54, 1.807) is 0 Å². The number of hydrogen-bond acceptors (Lipinski definition) is 2. The van der Waals surface area contributed by atoms with Gasteiger partial charge in [0.25, 0.3) is 0 Å². The van der Waals surface area contributed by atoms with Crippen LogP contribution in [0.5, 0.6) is 0 Å². The minimum atomic E-state index is -3.53. The van der Waals surface area contributed by atoms with Crippen molar-refractivity contribution >= 4 is 10.0 Å². The molecule has 0 bridgehead atoms. The van der Waals surface area contributed by atoms with Gasteiger partial charge in [0.15, 0.2) is 0 Å². The maximum atomic E-state index is 10.5. The molecule has 0 fully saturated rings. The van der Waals surface area contributed by atoms with Crippen LogP contribution in [0.2, 0.25) is 0 Å². The molecule has 0 aromatic heterocycles. The molecule has 1 radical (unpaired) electrons. The van der Waals surface area contributed by atoms with E-state index in [0.717, 1.165) is 12.8 Å². The van der Waals surface area contributed by atoms with Crippen LogP contribution in [-0.2, 0) is 16.4 Å². The fourth-order valence-corrected chi connectivity index (χ4v) is 1.85. The average molecular weight is 212 g/mol. The standard InChI is InChI=1S/C10H14NO2S/c11-14(12,13)9-5-4-8-10-6-2-1-3-7-10/h1-3,6-7,11H,4-5,8-9H2. The quantitative estimate of drug-likeness (QED) is 0.696. The Kier molecular flexibility index (Phi) is 4.10. The third kappa shape index (κ3) is 4.99. The van der Waals surface area contributed by atoms with Gasteiger partial charge in [-0.1, -0.05) is 30.3 Å². The molecule has 3 nitrogen and oxygen atoms in total. The van der Waals surface area contributed by atoms with Crippen LogP contribution in [0.3, 0.4) is 0 Å². The Hall–Kier alpha value is -0.870. The first-order chi connectivity index (χ1) is 6.58. The maximum Gasteiger partial charge on any atom is 0.225 e. The summed E-state index contributed by atoms with van der Waals surface area (Å²) < 4.78 is 21.0. The van der Waals surface area contributed by atoms with Crippen LogP contribution in [-0.4, -0.2) is 14.2 Å². The molecule has 77 valence electrons. The van der Waals surface area contributed by atoms with Crippen LogP contribution < -0.4 is 5.14 Å². The molecule has 0 aliphatic carbocycles. The molecule has 0 saturated heterocycles. The number of benzene rings is 1. The molecule has 0 heterocycles. The Balaban J connectivity index is 2.23. The second-order valence-electron chi connectivity index (χ2n) is 3.26. The maximum absolute atomic E-state index is 10.5. The number of rotatable bonds is 5. The third-order valence-electron chi connectivity index (χ3n) is 1.97. The molecule has 14 heavy (non-hydrogen) atoms. The normalized spacial score (nSPS) is 11.5. The topological polar surface area (TPSA) is 57.9 Å². The summed E-state index contributed by atoms with van der Waals surface area (Å²) in [5, 5.41) is 6.69. The van der Waals surface area contributed by atoms with Crippen molar-refractivity contribution in [2.24, 2.45) is 0 Å². The van der Waals surface area contributed by atoms with Crippen molar-refractivity contribution in [2.75, 3.05) is 5.75 Å². The number of hydrogen-bond donors (Lipinski definition) is 0. The minimum absolute atomic E-state index is 0.0279. The lowest BCUT2D eigenvalue weighted by atomic mass is 10.1. The van der Waals surface area contributed by atoms with Crippen LogP contribution in [0.4, 0.5) is 0 Å². The van der Waals surface area contributed by atoms with Crippen LogP contribution in [0.25, 0.3) is 0 Å². The molecule has 1 aromatic carbocycles. The number of sulfonamides is 1. The Morgan fingerprint density at radius 1 is 1.07 bits per heavy atom. The van der Waals surface area contributed by atoms with E-state index in [-0.39, 0.29) is 5.75 Å². The van der Waals surface area contributed by atoms with Gasteiger partial charge in [0.1, 0.15) is 0 Å². The Bertz CT molecular complexity index is 359. The molecular weight excluding hydrogens is 198 g/mol. The van der Waals surface area contributed by atoms with Crippen molar-refractivity contribution in [2.45, 2.75) is 19.3 Å². The summed E-state index contributed by atoms with van der Waals surface area (Å²) in [7, 11) is -3.53. The molecule has 1 aromatic rings. The largest absolute Gasteiger partial charge is 0.225 e. The van der Waals surface area contributed by atoms with E-state index in [2.05, 4.69) is 0 Å². The van der Waals surface area contributed by atoms with E-state index in [9.17, 15) is 8.42 Å². The van der Waals surface area contributed by atoms with Crippen LogP contribution >= 0.6 is 0 Å². The van der Waals surface area contributed by atoms with Gasteiger partial charge in [0.05, 0.1) is 5.75 Å². The summed E-state index contributed by atoms with van der Waals surface area (Å²) in [4.78, 5) is 0. The van der Waals surface area contributed by atoms with Gasteiger partial charge in [-0.2, -0.15) is 0 Å². The SMILES string of the molecule is [NH]S(=O)(=O)CCCCc1ccccc1. The summed E-state index contributed by atoms with van der Waals surface area (Å²) in [5.74, 6) is -0.0279. The summed E-state index contributed by atoms with van der Waals surface area (Å²) in [6.07, 6.45) is 2.28. The lowest BCUT2D eigenvalue weighted by Crippen LogP contribution is -2.06. The molecule has 0 unspecified atom stereocenters. The van der Waals surface area contributed by atoms with Gasteiger partial charge in [-0.05, 0) is 24.8 Å². The van der Waals surface area contributed by atoms with Crippen LogP contribution in [0.1, 0.15) is 18.4 Å². The van der Waals surface area contributed by atoms with E-state index in [1.807, 2.05) is 30.3 Å². The highest BCUT2D eigenvalue weighted by atomic mass is 32.2. The van der Waals surface area contributed by atoms with E-state index in [0.29, 0.717) is 6.42 Å². The van der Waals surface area contributed by atoms with E-state index in [1.165, 1.54) is 5.56 Å². The van der Waals surface area contributed by atoms with Crippen LogP contribution in [0.15, 0.2) is 30.3 Å². The molecule has 4 heteroatoms. The first kappa shape index (κ1) is 11.2. The lowest BCUT2D eigenvalue weighted by Gasteiger charge is -1.99. The second kappa shape index (κ2) is 5.12. The predicted octanol–water partition coefficient (Wildman–Crippen LogP) is 1.62. The van der Waals surface area contributed by atoms with Gasteiger partial charge in [-0.3, -0.25) is 0 Å². The van der Waals surface area contributed by atoms with Gasteiger partial charge in [-0.15, -0.1) is 5.14 Å². The Morgan fingerprint density at radius 2 is 1.71 bits per heavy atom. The predicted molar refractivity (Wildman–Crippen MR) is 56.3 cm³/mol. The molecule has 0 aliphatic heterocycles. The summed E-state index contributed by atoms with van der Waals surface area (Å²) in [6, 6.07) is 9.94. The molecule has 0 amide bonds. The van der Waals surface area contributed by atoms with Gasteiger partial charge >= 0.3 is 0 Å². The molecule has 0 aliphatic rings. The fraction of sp³-hybridized carbons (Fsp3) is 0.400. The van der Waals surface area contributed by atoms with Crippen molar-refractivity contribution in [3.05, 3.63) is 35.9 Å². The number of aryl methyl sites for hydroxylation is 1. The summed E-state index contributed by atoms with van der Waals surface area (Å²) in [5.41, 5.74) is 1.22. The highest BCUT2D eigenvalue weighted by Gasteiger charge is 2.02. The molecular formula is C10H14NO2S. The molecule has 0 spiro atoms. The highest BCUT2D eigenvalue weighted by Crippen LogP contribution is 2.04. The van der Waals surface area contributed by atoms with Crippen molar-refractivity contribution in [1.82, 2.24) is 5.14 Å². The second-order valence-corrected chi connectivity index (χ2v) is 4.90. The zero-order chi connectivity index (χ0) is 10.4. The van der Waals surface area contributed by atoms with Crippen LogP contribution in [0, 0.1) is 0 Å². The van der Waals surface area contributed by atoms with Gasteiger partial charge in [0.2, 0.25) is 10.0 Å². The van der Waals surface area contributed by atoms with E-state index >= 15 is 0 Å². The van der Waals surface area contributed by atoms with Crippen molar-refractivity contribution < 1.29 is 8.42 Å². The summed E-state index contributed by atoms with van der Waals surface area (Å²) >= 11 is 0. The highest BCUT2D eigenvalue weighted by molar-refractivity contribution is 7.88. The van der Waals surface area contributed by atoms with Crippen molar-refractivity contribution in [3.63, 3.8) is 0 Å². The average Bonchev–Trinajstić information content (AvgIpc) is 2.13. The van der Waals surface area contributed by atoms with Gasteiger partial charge in [0, 0.05) is 0 Å². The summed E-state index contributed by atoms with van der Waals surface area (Å²) in [6.45, 7) is 0. The van der Waals surface area contributed by atoms with Crippen molar-refractivity contribution in [1.29, 1.82) is 0 Å². The Morgan fingerprint density at radius 3 is 2.29 bits per heavy atom. The van der Waals surface area contributed by atoms with E-state index < -0.39 is 10.0 Å². The van der Waals surface area contributed by atoms with Gasteiger partial charge < -0.3 is 0 Å². The van der Waals surface area contributed by atoms with E-state index in [4.69, 9.17) is 5.14 Å². The first-order valence-electron chi connectivity index (χ1n) is 4.59. The molecule has 0 atom stereocenters. The smallest absolute Gasteiger partial charge is 0.211 e. The monoisotopic (exact) mass is 212 g/mol. The zero-order valence-electron chi connectivity index (χ0n) is 7.94. The fourth-order valence-electron chi connectivity index (χ4n) is 1.27. The third-order valence-corrected chi connectivity index (χ3v) is 2.80. The first-order valence-corrected chi connectivity index (χ1v) is 6.24. The minimum Gasteiger partial charge on any atom is -0.211 e. The molecule has 1 N–H and O–H groups in total. The Labute approximate surface area is 85.0 Å². The van der Waals surface area contributed by atoms with Crippen molar-refractivity contribution in [3.8, 4) is 0 Å². The molecule has 0 saturated carbocycles. The van der Waals surface area contributed by atoms with Gasteiger partial charge in [-0.25, -0.2) is 8.42 Å². The molecule has 1 rings (SSSR count). The number of unbranched alkanes of at least 4 members (excludes halogenated alkanes) is 1. The number of nitrogens with one attached hydrogen (secondary N) is 1. The lowest BCUT2D eigenvalue weighted by molar-refractivity contribution is 0.591.